The van der Waals surface area contributed by atoms with Crippen molar-refractivity contribution in [3.8, 4) is 0 Å². The van der Waals surface area contributed by atoms with Gasteiger partial charge in [0.25, 0.3) is 0 Å². The number of hydrogen-bond donors (Lipinski definition) is 0. The van der Waals surface area contributed by atoms with Crippen LogP contribution in [-0.2, 0) is 0 Å². The van der Waals surface area contributed by atoms with Crippen LogP contribution in [0.3, 0.4) is 0 Å². The van der Waals surface area contributed by atoms with E-state index in [0.29, 0.717) is 5.01 Å². The molecule has 1 aliphatic rings. The molecule has 1 unspecified atom stereocenters. The third-order valence-corrected chi connectivity index (χ3v) is 1.73. The minimum atomic E-state index is -2.68. The summed E-state index contributed by atoms with van der Waals surface area (Å²) in [5, 5.41) is 0.667. The molecule has 1 fully saturated rings. The number of hydrogen-bond acceptors (Lipinski definition) is 1. The molecule has 48 valence electrons. The van der Waals surface area contributed by atoms with Gasteiger partial charge >= 0.3 is 0 Å². The second-order valence-corrected chi connectivity index (χ2v) is 2.60. The first-order valence-electron chi connectivity index (χ1n) is 5.42. The van der Waals surface area contributed by atoms with E-state index in [2.05, 4.69) is 0 Å². The van der Waals surface area contributed by atoms with Crippen LogP contribution in [0.1, 0.15) is 35.8 Å². The van der Waals surface area contributed by atoms with Crippen LogP contribution in [0, 0.1) is 0 Å². The van der Waals surface area contributed by atoms with E-state index in [1.165, 1.54) is 13.8 Å². The number of nitrogens with zero attached hydrogens (tertiary/aromatic N) is 1. The van der Waals surface area contributed by atoms with E-state index < -0.39 is 24.8 Å². The maximum atomic E-state index is 7.43. The van der Waals surface area contributed by atoms with Crippen LogP contribution in [0.4, 0.5) is 0 Å². The lowest BCUT2D eigenvalue weighted by atomic mass is 10.0. The summed E-state index contributed by atoms with van der Waals surface area (Å²) in [7, 11) is 0. The molecule has 0 aromatic heterocycles. The molecule has 1 saturated heterocycles. The van der Waals surface area contributed by atoms with Gasteiger partial charge in [-0.15, -0.1) is 0 Å². The van der Waals surface area contributed by atoms with Crippen LogP contribution < -0.4 is 0 Å². The molecular weight excluding hydrogens is 100 g/mol. The first-order valence-corrected chi connectivity index (χ1v) is 2.42. The van der Waals surface area contributed by atoms with Crippen molar-refractivity contribution < 1.29 is 8.22 Å². The van der Waals surface area contributed by atoms with Crippen molar-refractivity contribution in [2.24, 2.45) is 0 Å². The van der Waals surface area contributed by atoms with Crippen molar-refractivity contribution in [2.45, 2.75) is 38.6 Å². The van der Waals surface area contributed by atoms with Gasteiger partial charge in [0.15, 0.2) is 0 Å². The zero-order chi connectivity index (χ0) is 11.6. The Bertz CT molecular complexity index is 222. The Labute approximate surface area is 59.1 Å². The van der Waals surface area contributed by atoms with E-state index in [4.69, 9.17) is 14.1 Å². The highest BCUT2D eigenvalue weighted by molar-refractivity contribution is 5.19. The van der Waals surface area contributed by atoms with Crippen LogP contribution in [0.5, 0.6) is 0 Å². The summed E-state index contributed by atoms with van der Waals surface area (Å²) in [6.45, 7) is -2.44. The summed E-state index contributed by atoms with van der Waals surface area (Å²) >= 11 is 0. The molecule has 0 aromatic carbocycles. The molecule has 0 aliphatic carbocycles. The van der Waals surface area contributed by atoms with Crippen LogP contribution in [0.2, 0.25) is 0 Å². The van der Waals surface area contributed by atoms with Gasteiger partial charge in [-0.2, -0.15) is 0 Å². The SMILES string of the molecule is [2H]C([2H])([2H])C1(C([2H])([2H])[2H])N([NH-])C1(C)C. The minimum absolute atomic E-state index is 0.667. The molecule has 1 aliphatic heterocycles. The Hall–Kier alpha value is -0.0800. The molecule has 0 aromatic rings. The first-order chi connectivity index (χ1) is 5.90. The van der Waals surface area contributed by atoms with E-state index in [9.17, 15) is 0 Å². The Balaban J connectivity index is 3.25. The lowest BCUT2D eigenvalue weighted by Crippen LogP contribution is -2.10. The monoisotopic (exact) mass is 119 g/mol. The largest absolute Gasteiger partial charge is 0.609 e. The fourth-order valence-electron chi connectivity index (χ4n) is 0.584. The number of nitrogens with one attached hydrogen (secondary N) is 1. The summed E-state index contributed by atoms with van der Waals surface area (Å²) in [4.78, 5) is 0. The van der Waals surface area contributed by atoms with Crippen molar-refractivity contribution in [3.63, 3.8) is 0 Å². The molecule has 0 saturated carbocycles. The minimum Gasteiger partial charge on any atom is -0.609 e. The van der Waals surface area contributed by atoms with E-state index in [1.54, 1.807) is 0 Å². The highest BCUT2D eigenvalue weighted by Crippen LogP contribution is 2.50. The lowest BCUT2D eigenvalue weighted by molar-refractivity contribution is 0.554. The van der Waals surface area contributed by atoms with Crippen molar-refractivity contribution in [1.29, 1.82) is 0 Å². The van der Waals surface area contributed by atoms with E-state index >= 15 is 0 Å². The van der Waals surface area contributed by atoms with Crippen LogP contribution in [-0.4, -0.2) is 16.1 Å². The predicted octanol–water partition coefficient (Wildman–Crippen LogP) is 1.83. The van der Waals surface area contributed by atoms with Gasteiger partial charge < -0.3 is 10.9 Å². The van der Waals surface area contributed by atoms with Gasteiger partial charge in [0.1, 0.15) is 0 Å². The molecule has 1 rings (SSSR count). The summed E-state index contributed by atoms with van der Waals surface area (Å²) < 4.78 is 43.5. The van der Waals surface area contributed by atoms with Gasteiger partial charge in [-0.05, 0) is 27.6 Å². The van der Waals surface area contributed by atoms with E-state index in [0.717, 1.165) is 0 Å². The summed E-state index contributed by atoms with van der Waals surface area (Å²) in [5.41, 5.74) is -3.16. The summed E-state index contributed by atoms with van der Waals surface area (Å²) in [6.07, 6.45) is 0. The Morgan fingerprint density at radius 3 is 1.75 bits per heavy atom. The van der Waals surface area contributed by atoms with Crippen LogP contribution in [0.15, 0.2) is 0 Å². The molecular formula is C6H13N2-. The molecule has 0 radical (unpaired) electrons. The zero-order valence-corrected chi connectivity index (χ0v) is 4.95. The van der Waals surface area contributed by atoms with Crippen LogP contribution in [0.25, 0.3) is 5.84 Å². The van der Waals surface area contributed by atoms with Gasteiger partial charge in [-0.25, -0.2) is 0 Å². The second-order valence-electron chi connectivity index (χ2n) is 2.60. The smallest absolute Gasteiger partial charge is 0.0249 e. The lowest BCUT2D eigenvalue weighted by Gasteiger charge is -2.05. The second kappa shape index (κ2) is 1.09. The van der Waals surface area contributed by atoms with Crippen molar-refractivity contribution >= 4 is 0 Å². The fourth-order valence-corrected chi connectivity index (χ4v) is 0.584. The molecule has 1 N–H and O–H groups in total. The highest BCUT2D eigenvalue weighted by atomic mass is 15.6. The topological polar surface area (TPSA) is 26.8 Å². The highest BCUT2D eigenvalue weighted by Gasteiger charge is 2.55. The zero-order valence-electron chi connectivity index (χ0n) is 10.9. The van der Waals surface area contributed by atoms with E-state index in [-0.39, 0.29) is 0 Å². The quantitative estimate of drug-likeness (QED) is 0.447. The molecule has 0 amide bonds. The maximum Gasteiger partial charge on any atom is 0.0249 e. The van der Waals surface area contributed by atoms with Crippen molar-refractivity contribution in [1.82, 2.24) is 5.01 Å². The molecule has 2 heteroatoms. The van der Waals surface area contributed by atoms with Crippen LogP contribution >= 0.6 is 0 Å². The first kappa shape index (κ1) is 1.96. The van der Waals surface area contributed by atoms with Gasteiger partial charge in [-0.1, -0.05) is 0 Å². The molecule has 0 spiro atoms. The molecule has 1 heterocycles. The average molecular weight is 119 g/mol. The third-order valence-electron chi connectivity index (χ3n) is 1.73. The van der Waals surface area contributed by atoms with Gasteiger partial charge in [0.2, 0.25) is 0 Å². The molecule has 2 nitrogen and oxygen atoms in total. The maximum absolute atomic E-state index is 7.43. The summed E-state index contributed by atoms with van der Waals surface area (Å²) in [5.74, 6) is 7.43. The standard InChI is InChI=1S/C6H13N2/c1-5(2)6(3,4)8(5)7/h7H,1-4H3/q-1/i1D3,2D3. The fraction of sp³-hybridized carbons (Fsp3) is 1.00. The predicted molar refractivity (Wildman–Crippen MR) is 34.3 cm³/mol. The van der Waals surface area contributed by atoms with Gasteiger partial charge in [0.05, 0.1) is 0 Å². The molecule has 0 bridgehead atoms. The average Bonchev–Trinajstić information content (AvgIpc) is 2.23. The Kier molecular flexibility index (Phi) is 0.267. The van der Waals surface area contributed by atoms with Gasteiger partial charge in [0, 0.05) is 19.3 Å². The third kappa shape index (κ3) is 0.400. The normalized spacial score (nSPS) is 53.6. The van der Waals surface area contributed by atoms with Gasteiger partial charge in [-0.3, -0.25) is 0 Å². The van der Waals surface area contributed by atoms with E-state index in [1.807, 2.05) is 0 Å². The molecule has 1 atom stereocenters. The molecule has 8 heavy (non-hydrogen) atoms. The Morgan fingerprint density at radius 2 is 1.75 bits per heavy atom. The number of rotatable bonds is 0. The summed E-state index contributed by atoms with van der Waals surface area (Å²) in [6, 6.07) is 0. The van der Waals surface area contributed by atoms with Crippen molar-refractivity contribution in [2.75, 3.05) is 0 Å². The van der Waals surface area contributed by atoms with Crippen molar-refractivity contribution in [3.05, 3.63) is 5.84 Å². The Morgan fingerprint density at radius 1 is 1.38 bits per heavy atom.